The Morgan fingerprint density at radius 3 is 2.23 bits per heavy atom. The first-order valence-corrected chi connectivity index (χ1v) is 14.2. The number of fused-ring (bicyclic) bond motifs is 2. The Morgan fingerprint density at radius 2 is 1.68 bits per heavy atom. The van der Waals surface area contributed by atoms with Crippen LogP contribution in [-0.4, -0.2) is 51.0 Å². The molecule has 1 aliphatic heterocycles. The molecule has 1 aromatic carbocycles. The minimum Gasteiger partial charge on any atom is -0.307 e. The number of hydrogen-bond acceptors (Lipinski definition) is 4. The van der Waals surface area contributed by atoms with Crippen molar-refractivity contribution in [3.05, 3.63) is 40.3 Å². The van der Waals surface area contributed by atoms with Crippen molar-refractivity contribution in [2.75, 3.05) is 37.0 Å². The lowest BCUT2D eigenvalue weighted by Gasteiger charge is -2.16. The lowest BCUT2D eigenvalue weighted by atomic mass is 9.99. The average molecular weight is 466 g/mol. The molecule has 1 fully saturated rings. The second-order valence-corrected chi connectivity index (χ2v) is 11.1. The zero-order valence-corrected chi connectivity index (χ0v) is 20.2. The lowest BCUT2D eigenvalue weighted by Crippen LogP contribution is -2.30. The molecule has 0 saturated carbocycles. The highest BCUT2D eigenvalue weighted by Crippen LogP contribution is 2.38. The Hall–Kier alpha value is -1.51. The van der Waals surface area contributed by atoms with Gasteiger partial charge in [0.05, 0.1) is 0 Å². The van der Waals surface area contributed by atoms with E-state index in [9.17, 15) is 13.2 Å². The summed E-state index contributed by atoms with van der Waals surface area (Å²) in [7, 11) is -2.12. The first kappa shape index (κ1) is 24.1. The fourth-order valence-corrected chi connectivity index (χ4v) is 5.59. The molecule has 1 saturated heterocycles. The SMILES string of the molecule is C=CS(=O)NC(=O)Nc1c2c(cc3c1CCC3)CCC2.CS(=O)CCCN1CCCC1. The van der Waals surface area contributed by atoms with Gasteiger partial charge in [0.2, 0.25) is 0 Å². The standard InChI is InChI=1S/C15H18N2O2S.C8H17NOS/c1-2-20(19)17-15(18)16-14-12-7-3-5-10(12)9-11-6-4-8-13(11)14;1-11(10)8-4-7-9-5-2-3-6-9/h2,9H,1,3-8H2,(H2,16,17,18);2-8H2,1H3. The molecule has 8 heteroatoms. The predicted octanol–water partition coefficient (Wildman–Crippen LogP) is 3.44. The van der Waals surface area contributed by atoms with Crippen LogP contribution in [0.5, 0.6) is 0 Å². The molecule has 0 radical (unpaired) electrons. The highest BCUT2D eigenvalue weighted by molar-refractivity contribution is 7.86. The third kappa shape index (κ3) is 6.99. The van der Waals surface area contributed by atoms with E-state index in [-0.39, 0.29) is 0 Å². The Bertz CT molecular complexity index is 819. The second-order valence-electron chi connectivity index (χ2n) is 8.43. The van der Waals surface area contributed by atoms with Crippen LogP contribution in [0.25, 0.3) is 0 Å². The first-order valence-electron chi connectivity index (χ1n) is 11.3. The minimum absolute atomic E-state index is 0.419. The number of likely N-dealkylation sites (tertiary alicyclic amines) is 1. The number of amides is 2. The number of carbonyl (C=O) groups excluding carboxylic acids is 1. The van der Waals surface area contributed by atoms with Gasteiger partial charge in [-0.1, -0.05) is 12.6 Å². The van der Waals surface area contributed by atoms with Crippen molar-refractivity contribution in [3.63, 3.8) is 0 Å². The van der Waals surface area contributed by atoms with Crippen molar-refractivity contribution < 1.29 is 13.2 Å². The molecule has 6 nitrogen and oxygen atoms in total. The molecule has 1 heterocycles. The van der Waals surface area contributed by atoms with E-state index in [1.807, 2.05) is 0 Å². The normalized spacial score (nSPS) is 19.0. The molecule has 2 atom stereocenters. The Balaban J connectivity index is 0.000000210. The Labute approximate surface area is 191 Å². The van der Waals surface area contributed by atoms with Gasteiger partial charge < -0.3 is 10.2 Å². The summed E-state index contributed by atoms with van der Waals surface area (Å²) in [6, 6.07) is 1.90. The van der Waals surface area contributed by atoms with Gasteiger partial charge in [-0.2, -0.15) is 0 Å². The molecule has 2 N–H and O–H groups in total. The monoisotopic (exact) mass is 465 g/mol. The summed E-state index contributed by atoms with van der Waals surface area (Å²) in [5.74, 6) is 0.872. The van der Waals surface area contributed by atoms with Crippen LogP contribution < -0.4 is 10.0 Å². The second kappa shape index (κ2) is 11.9. The van der Waals surface area contributed by atoms with E-state index in [2.05, 4.69) is 27.6 Å². The smallest absolute Gasteiger partial charge is 0.307 e. The van der Waals surface area contributed by atoms with Gasteiger partial charge in [0.25, 0.3) is 0 Å². The highest BCUT2D eigenvalue weighted by Gasteiger charge is 2.25. The molecule has 3 aliphatic rings. The van der Waals surface area contributed by atoms with Gasteiger partial charge in [-0.05, 0) is 99.7 Å². The molecule has 0 spiro atoms. The zero-order chi connectivity index (χ0) is 22.2. The van der Waals surface area contributed by atoms with Crippen molar-refractivity contribution in [3.8, 4) is 0 Å². The number of benzene rings is 1. The molecular formula is C23H35N3O3S2. The number of hydrogen-bond donors (Lipinski definition) is 2. The van der Waals surface area contributed by atoms with Crippen LogP contribution in [0.1, 0.15) is 54.4 Å². The van der Waals surface area contributed by atoms with Crippen molar-refractivity contribution in [1.82, 2.24) is 9.62 Å². The number of rotatable bonds is 7. The summed E-state index contributed by atoms with van der Waals surface area (Å²) in [5, 5.41) is 4.12. The fourth-order valence-electron chi connectivity index (χ4n) is 4.74. The molecule has 172 valence electrons. The van der Waals surface area contributed by atoms with E-state index in [0.29, 0.717) is 0 Å². The summed E-state index contributed by atoms with van der Waals surface area (Å²) in [6.45, 7) is 7.07. The van der Waals surface area contributed by atoms with Crippen LogP contribution in [0.15, 0.2) is 18.1 Å². The topological polar surface area (TPSA) is 78.5 Å². The van der Waals surface area contributed by atoms with E-state index < -0.39 is 27.8 Å². The van der Waals surface area contributed by atoms with E-state index >= 15 is 0 Å². The Kier molecular flexibility index (Phi) is 9.29. The number of anilines is 1. The van der Waals surface area contributed by atoms with Crippen molar-refractivity contribution >= 4 is 33.5 Å². The third-order valence-electron chi connectivity index (χ3n) is 6.16. The number of nitrogens with zero attached hydrogens (tertiary/aromatic N) is 1. The maximum atomic E-state index is 11.9. The molecule has 2 unspecified atom stereocenters. The average Bonchev–Trinajstić information content (AvgIpc) is 3.49. The van der Waals surface area contributed by atoms with E-state index in [1.165, 1.54) is 53.6 Å². The number of aryl methyl sites for hydroxylation is 2. The molecule has 4 rings (SSSR count). The van der Waals surface area contributed by atoms with Crippen molar-refractivity contribution in [2.45, 2.75) is 57.8 Å². The molecule has 31 heavy (non-hydrogen) atoms. The summed E-state index contributed by atoms with van der Waals surface area (Å²) in [4.78, 5) is 14.4. The maximum absolute atomic E-state index is 11.9. The molecule has 2 aliphatic carbocycles. The maximum Gasteiger partial charge on any atom is 0.331 e. The van der Waals surface area contributed by atoms with Crippen LogP contribution in [0.3, 0.4) is 0 Å². The quantitative estimate of drug-likeness (QED) is 0.647. The van der Waals surface area contributed by atoms with E-state index in [0.717, 1.165) is 62.9 Å². The molecule has 2 amide bonds. The lowest BCUT2D eigenvalue weighted by molar-refractivity contribution is 0.257. The molecular weight excluding hydrogens is 430 g/mol. The number of carbonyl (C=O) groups is 1. The highest BCUT2D eigenvalue weighted by atomic mass is 32.2. The van der Waals surface area contributed by atoms with Crippen molar-refractivity contribution in [1.29, 1.82) is 0 Å². The summed E-state index contributed by atoms with van der Waals surface area (Å²) >= 11 is 0. The summed E-state index contributed by atoms with van der Waals surface area (Å²) in [6.07, 6.45) is 12.1. The molecule has 0 bridgehead atoms. The minimum atomic E-state index is -1.53. The predicted molar refractivity (Wildman–Crippen MR) is 130 cm³/mol. The van der Waals surface area contributed by atoms with Gasteiger partial charge in [0.1, 0.15) is 11.0 Å². The van der Waals surface area contributed by atoms with E-state index in [4.69, 9.17) is 0 Å². The summed E-state index contributed by atoms with van der Waals surface area (Å²) in [5.41, 5.74) is 6.23. The van der Waals surface area contributed by atoms with Crippen LogP contribution in [0.2, 0.25) is 0 Å². The van der Waals surface area contributed by atoms with Gasteiger partial charge in [0, 0.05) is 33.9 Å². The number of nitrogens with one attached hydrogen (secondary N) is 2. The Morgan fingerprint density at radius 1 is 1.06 bits per heavy atom. The van der Waals surface area contributed by atoms with Gasteiger partial charge in [-0.15, -0.1) is 0 Å². The molecule has 1 aromatic rings. The molecule has 0 aromatic heterocycles. The zero-order valence-electron chi connectivity index (χ0n) is 18.5. The van der Waals surface area contributed by atoms with Gasteiger partial charge >= 0.3 is 6.03 Å². The third-order valence-corrected chi connectivity index (χ3v) is 7.71. The largest absolute Gasteiger partial charge is 0.331 e. The van der Waals surface area contributed by atoms with Crippen LogP contribution in [-0.2, 0) is 47.5 Å². The van der Waals surface area contributed by atoms with Gasteiger partial charge in [-0.3, -0.25) is 8.93 Å². The first-order chi connectivity index (χ1) is 15.0. The van der Waals surface area contributed by atoms with Crippen LogP contribution >= 0.6 is 0 Å². The van der Waals surface area contributed by atoms with Crippen molar-refractivity contribution in [2.24, 2.45) is 0 Å². The fraction of sp³-hybridized carbons (Fsp3) is 0.609. The van der Waals surface area contributed by atoms with Gasteiger partial charge in [-0.25, -0.2) is 9.00 Å². The number of urea groups is 1. The summed E-state index contributed by atoms with van der Waals surface area (Å²) < 4.78 is 24.4. The van der Waals surface area contributed by atoms with Gasteiger partial charge in [0.15, 0.2) is 0 Å². The van der Waals surface area contributed by atoms with E-state index in [1.54, 1.807) is 6.26 Å². The van der Waals surface area contributed by atoms with Crippen LogP contribution in [0.4, 0.5) is 10.5 Å². The van der Waals surface area contributed by atoms with Crippen LogP contribution in [0, 0.1) is 0 Å².